The van der Waals surface area contributed by atoms with Crippen molar-refractivity contribution in [2.45, 2.75) is 414 Å². The van der Waals surface area contributed by atoms with E-state index in [1.54, 1.807) is 0 Å². The number of esters is 4. The van der Waals surface area contributed by atoms with Crippen molar-refractivity contribution in [3.05, 3.63) is 0 Å². The third kappa shape index (κ3) is 67.9. The van der Waals surface area contributed by atoms with E-state index in [2.05, 4.69) is 48.5 Å². The fourth-order valence-corrected chi connectivity index (χ4v) is 13.3. The quantitative estimate of drug-likeness (QED) is 0.0222. The number of aliphatic hydroxyl groups excluding tert-OH is 1. The number of hydrogen-bond donors (Lipinski definition) is 3. The lowest BCUT2D eigenvalue weighted by atomic mass is 9.99. The third-order valence-corrected chi connectivity index (χ3v) is 20.5. The van der Waals surface area contributed by atoms with Gasteiger partial charge >= 0.3 is 39.5 Å². The van der Waals surface area contributed by atoms with Crippen LogP contribution >= 0.6 is 15.6 Å². The molecule has 3 N–H and O–H groups in total. The minimum atomic E-state index is -4.96. The van der Waals surface area contributed by atoms with Crippen LogP contribution in [0, 0.1) is 17.8 Å². The fourth-order valence-electron chi connectivity index (χ4n) is 11.7. The van der Waals surface area contributed by atoms with Crippen molar-refractivity contribution in [3.8, 4) is 0 Å². The molecule has 0 saturated heterocycles. The Labute approximate surface area is 588 Å². The molecule has 570 valence electrons. The van der Waals surface area contributed by atoms with Gasteiger partial charge in [0, 0.05) is 25.7 Å². The summed E-state index contributed by atoms with van der Waals surface area (Å²) in [4.78, 5) is 72.9. The molecule has 0 aliphatic carbocycles. The van der Waals surface area contributed by atoms with Gasteiger partial charge in [-0.2, -0.15) is 0 Å². The van der Waals surface area contributed by atoms with Gasteiger partial charge in [-0.15, -0.1) is 0 Å². The van der Waals surface area contributed by atoms with Gasteiger partial charge in [0.1, 0.15) is 19.3 Å². The predicted octanol–water partition coefficient (Wildman–Crippen LogP) is 22.6. The molecule has 0 amide bonds. The summed E-state index contributed by atoms with van der Waals surface area (Å²) in [7, 11) is -9.92. The van der Waals surface area contributed by atoms with Crippen LogP contribution in [0.25, 0.3) is 0 Å². The number of ether oxygens (including phenoxy) is 4. The molecule has 0 spiro atoms. The second kappa shape index (κ2) is 67.5. The van der Waals surface area contributed by atoms with Gasteiger partial charge in [0.15, 0.2) is 12.2 Å². The summed E-state index contributed by atoms with van der Waals surface area (Å²) in [5, 5.41) is 10.6. The summed E-state index contributed by atoms with van der Waals surface area (Å²) >= 11 is 0. The number of carbonyl (C=O) groups excluding carboxylic acids is 4. The molecule has 0 aromatic rings. The van der Waals surface area contributed by atoms with Crippen molar-refractivity contribution < 1.29 is 80.2 Å². The largest absolute Gasteiger partial charge is 0.472 e. The number of carbonyl (C=O) groups is 4. The number of aliphatic hydroxyl groups is 1. The lowest BCUT2D eigenvalue weighted by Crippen LogP contribution is -2.30. The molecule has 0 aromatic carbocycles. The Morgan fingerprint density at radius 2 is 0.531 bits per heavy atom. The predicted molar refractivity (Wildman–Crippen MR) is 391 cm³/mol. The maximum Gasteiger partial charge on any atom is 0.472 e. The van der Waals surface area contributed by atoms with Gasteiger partial charge in [-0.05, 0) is 43.4 Å². The second-order valence-corrected chi connectivity index (χ2v) is 31.6. The normalized spacial score (nSPS) is 14.6. The van der Waals surface area contributed by atoms with E-state index >= 15 is 0 Å². The Hall–Kier alpha value is -1.94. The maximum absolute atomic E-state index is 13.1. The molecule has 0 saturated carbocycles. The lowest BCUT2D eigenvalue weighted by Gasteiger charge is -2.21. The van der Waals surface area contributed by atoms with Gasteiger partial charge < -0.3 is 33.8 Å². The van der Waals surface area contributed by atoms with Gasteiger partial charge in [-0.1, -0.05) is 344 Å². The molecule has 4 unspecified atom stereocenters. The van der Waals surface area contributed by atoms with Crippen LogP contribution in [0.1, 0.15) is 395 Å². The van der Waals surface area contributed by atoms with Gasteiger partial charge in [-0.3, -0.25) is 37.3 Å². The number of phosphoric acid groups is 2. The molecule has 19 heteroatoms. The van der Waals surface area contributed by atoms with E-state index in [0.29, 0.717) is 25.7 Å². The molecular formula is C77H150O17P2. The van der Waals surface area contributed by atoms with Gasteiger partial charge in [-0.25, -0.2) is 9.13 Å². The number of unbranched alkanes of at least 4 members (excludes halogenated alkanes) is 41. The highest BCUT2D eigenvalue weighted by Crippen LogP contribution is 2.45. The van der Waals surface area contributed by atoms with E-state index in [1.165, 1.54) is 205 Å². The van der Waals surface area contributed by atoms with Crippen LogP contribution in [0.15, 0.2) is 0 Å². The van der Waals surface area contributed by atoms with Crippen LogP contribution in [-0.2, 0) is 65.4 Å². The molecule has 96 heavy (non-hydrogen) atoms. The first-order valence-corrected chi connectivity index (χ1v) is 42.9. The number of rotatable bonds is 75. The van der Waals surface area contributed by atoms with Crippen LogP contribution in [0.2, 0.25) is 0 Å². The van der Waals surface area contributed by atoms with E-state index in [0.717, 1.165) is 108 Å². The summed E-state index contributed by atoms with van der Waals surface area (Å²) in [6.45, 7) is 11.9. The van der Waals surface area contributed by atoms with Crippen LogP contribution in [0.5, 0.6) is 0 Å². The van der Waals surface area contributed by atoms with Crippen LogP contribution in [0.4, 0.5) is 0 Å². The van der Waals surface area contributed by atoms with Crippen molar-refractivity contribution in [1.82, 2.24) is 0 Å². The minimum Gasteiger partial charge on any atom is -0.462 e. The maximum atomic E-state index is 13.1. The molecule has 0 aliphatic heterocycles. The van der Waals surface area contributed by atoms with Gasteiger partial charge in [0.05, 0.1) is 26.4 Å². The van der Waals surface area contributed by atoms with E-state index in [-0.39, 0.29) is 25.7 Å². The molecule has 0 aliphatic rings. The highest BCUT2D eigenvalue weighted by Gasteiger charge is 2.30. The molecule has 0 aromatic heterocycles. The fraction of sp³-hybridized carbons (Fsp3) is 0.948. The van der Waals surface area contributed by atoms with Crippen molar-refractivity contribution in [2.75, 3.05) is 39.6 Å². The standard InChI is InChI=1S/C77H150O17P2/c1-8-11-12-13-14-15-16-17-18-19-20-23-30-39-46-53-60-76(81)93-72(64-87-74(79)58-51-44-37-29-24-21-22-27-34-41-48-55-68(4)5)66-91-95(83,84)89-62-71(78)63-90-96(85,86)92-67-73(65-88-75(80)59-52-45-38-33-32-36-43-50-57-70(7)10-3)94-77(82)61-54-47-40-31-26-25-28-35-42-49-56-69(6)9-2/h68-73,78H,8-67H2,1-7H3,(H,83,84)(H,85,86)/t69?,70?,71-,72-,73-/m1/s1. The molecule has 17 nitrogen and oxygen atoms in total. The number of phosphoric ester groups is 2. The molecular weight excluding hydrogens is 1260 g/mol. The Balaban J connectivity index is 5.28. The summed E-state index contributed by atoms with van der Waals surface area (Å²) < 4.78 is 68.6. The van der Waals surface area contributed by atoms with E-state index in [4.69, 9.17) is 37.0 Å². The van der Waals surface area contributed by atoms with Crippen molar-refractivity contribution in [3.63, 3.8) is 0 Å². The number of hydrogen-bond acceptors (Lipinski definition) is 15. The van der Waals surface area contributed by atoms with E-state index in [1.807, 2.05) is 0 Å². The Morgan fingerprint density at radius 1 is 0.302 bits per heavy atom. The first kappa shape index (κ1) is 94.1. The minimum absolute atomic E-state index is 0.106. The topological polar surface area (TPSA) is 237 Å². The van der Waals surface area contributed by atoms with Crippen LogP contribution < -0.4 is 0 Å². The van der Waals surface area contributed by atoms with Crippen LogP contribution in [0.3, 0.4) is 0 Å². The average Bonchev–Trinajstić information content (AvgIpc) is 1.50. The zero-order chi connectivity index (χ0) is 70.9. The van der Waals surface area contributed by atoms with Crippen molar-refractivity contribution in [2.24, 2.45) is 17.8 Å². The molecule has 0 fully saturated rings. The van der Waals surface area contributed by atoms with Crippen molar-refractivity contribution in [1.29, 1.82) is 0 Å². The highest BCUT2D eigenvalue weighted by molar-refractivity contribution is 7.47. The molecule has 0 rings (SSSR count). The first-order chi connectivity index (χ1) is 46.3. The van der Waals surface area contributed by atoms with Gasteiger partial charge in [0.25, 0.3) is 0 Å². The average molecular weight is 1410 g/mol. The Bertz CT molecular complexity index is 1870. The Kier molecular flexibility index (Phi) is 66.2. The molecule has 0 bridgehead atoms. The van der Waals surface area contributed by atoms with E-state index < -0.39 is 97.5 Å². The molecule has 7 atom stereocenters. The lowest BCUT2D eigenvalue weighted by molar-refractivity contribution is -0.161. The molecule has 0 radical (unpaired) electrons. The van der Waals surface area contributed by atoms with Gasteiger partial charge in [0.2, 0.25) is 0 Å². The summed E-state index contributed by atoms with van der Waals surface area (Å²) in [6.07, 6.45) is 53.9. The highest BCUT2D eigenvalue weighted by atomic mass is 31.2. The monoisotopic (exact) mass is 1410 g/mol. The molecule has 0 heterocycles. The van der Waals surface area contributed by atoms with Crippen LogP contribution in [-0.4, -0.2) is 96.7 Å². The summed E-state index contributed by atoms with van der Waals surface area (Å²) in [5.41, 5.74) is 0. The summed E-state index contributed by atoms with van der Waals surface area (Å²) in [5.74, 6) is 0.236. The van der Waals surface area contributed by atoms with E-state index in [9.17, 15) is 43.2 Å². The zero-order valence-corrected chi connectivity index (χ0v) is 64.6. The Morgan fingerprint density at radius 3 is 0.792 bits per heavy atom. The smallest absolute Gasteiger partial charge is 0.462 e. The first-order valence-electron chi connectivity index (χ1n) is 39.9. The zero-order valence-electron chi connectivity index (χ0n) is 62.8. The third-order valence-electron chi connectivity index (χ3n) is 18.6. The SMILES string of the molecule is CCCCCCCCCCCCCCCCCCC(=O)O[C@H](COC(=O)CCCCCCCCCCCCCC(C)C)COP(=O)(O)OC[C@@H](O)COP(=O)(O)OC[C@@H](COC(=O)CCCCCCCCCCC(C)CC)OC(=O)CCCCCCCCCCCCC(C)CC. The summed E-state index contributed by atoms with van der Waals surface area (Å²) in [6, 6.07) is 0. The van der Waals surface area contributed by atoms with Crippen molar-refractivity contribution >= 4 is 39.5 Å². The second-order valence-electron chi connectivity index (χ2n) is 28.7.